The van der Waals surface area contributed by atoms with Gasteiger partial charge in [-0.3, -0.25) is 4.72 Å². The summed E-state index contributed by atoms with van der Waals surface area (Å²) in [4.78, 5) is -0.525. The van der Waals surface area contributed by atoms with Crippen molar-refractivity contribution in [3.05, 3.63) is 90.0 Å². The number of hydrogen-bond acceptors (Lipinski definition) is 5. The van der Waals surface area contributed by atoms with Crippen LogP contribution in [0.25, 0.3) is 0 Å². The first-order chi connectivity index (χ1) is 13.8. The van der Waals surface area contributed by atoms with Crippen molar-refractivity contribution in [3.8, 4) is 0 Å². The lowest BCUT2D eigenvalue weighted by Crippen LogP contribution is -2.16. The molecule has 152 valence electrons. The standard InChI is InChI=1S/C21H21NO5S2/c1-28(23,24)20-12-5-6-13-21(20)29(25,26)22-19-11-7-10-18(14-19)16-27-15-17-8-3-2-4-9-17/h2-14,22H,15-16H2,1H3. The maximum absolute atomic E-state index is 12.8. The molecule has 29 heavy (non-hydrogen) atoms. The maximum Gasteiger partial charge on any atom is 0.263 e. The van der Waals surface area contributed by atoms with E-state index in [9.17, 15) is 16.8 Å². The molecule has 0 aliphatic carbocycles. The van der Waals surface area contributed by atoms with Crippen molar-refractivity contribution in [1.29, 1.82) is 0 Å². The topological polar surface area (TPSA) is 89.5 Å². The summed E-state index contributed by atoms with van der Waals surface area (Å²) >= 11 is 0. The second-order valence-corrected chi connectivity index (χ2v) is 10.1. The molecule has 0 aliphatic heterocycles. The number of benzene rings is 3. The van der Waals surface area contributed by atoms with Gasteiger partial charge in [0.15, 0.2) is 9.84 Å². The SMILES string of the molecule is CS(=O)(=O)c1ccccc1S(=O)(=O)Nc1cccc(COCc2ccccc2)c1. The summed E-state index contributed by atoms with van der Waals surface area (Å²) in [7, 11) is -7.77. The third kappa shape index (κ3) is 5.66. The Kier molecular flexibility index (Phi) is 6.36. The highest BCUT2D eigenvalue weighted by Gasteiger charge is 2.23. The van der Waals surface area contributed by atoms with Gasteiger partial charge in [-0.05, 0) is 35.4 Å². The number of anilines is 1. The Morgan fingerprint density at radius 2 is 1.31 bits per heavy atom. The molecule has 0 spiro atoms. The zero-order chi connectivity index (χ0) is 20.9. The summed E-state index contributed by atoms with van der Waals surface area (Å²) in [6.45, 7) is 0.753. The summed E-state index contributed by atoms with van der Waals surface area (Å²) < 4.78 is 57.5. The zero-order valence-electron chi connectivity index (χ0n) is 15.8. The molecule has 0 saturated heterocycles. The van der Waals surface area contributed by atoms with Crippen LogP contribution >= 0.6 is 0 Å². The number of sulfonamides is 1. The highest BCUT2D eigenvalue weighted by atomic mass is 32.2. The molecule has 8 heteroatoms. The Hall–Kier alpha value is -2.68. The van der Waals surface area contributed by atoms with Crippen molar-refractivity contribution in [2.24, 2.45) is 0 Å². The highest BCUT2D eigenvalue weighted by Crippen LogP contribution is 2.24. The van der Waals surface area contributed by atoms with Gasteiger partial charge in [-0.1, -0.05) is 54.6 Å². The van der Waals surface area contributed by atoms with Gasteiger partial charge in [-0.15, -0.1) is 0 Å². The number of nitrogens with one attached hydrogen (secondary N) is 1. The number of sulfone groups is 1. The largest absolute Gasteiger partial charge is 0.372 e. The molecule has 0 bridgehead atoms. The Labute approximate surface area is 171 Å². The fraction of sp³-hybridized carbons (Fsp3) is 0.143. The lowest BCUT2D eigenvalue weighted by atomic mass is 10.2. The van der Waals surface area contributed by atoms with Crippen molar-refractivity contribution in [2.45, 2.75) is 23.0 Å². The van der Waals surface area contributed by atoms with Crippen molar-refractivity contribution >= 4 is 25.5 Å². The molecule has 3 aromatic carbocycles. The molecule has 1 N–H and O–H groups in total. The Bertz CT molecular complexity index is 1190. The average Bonchev–Trinajstić information content (AvgIpc) is 2.68. The van der Waals surface area contributed by atoms with E-state index < -0.39 is 19.9 Å². The van der Waals surface area contributed by atoms with Gasteiger partial charge in [-0.25, -0.2) is 16.8 Å². The molecule has 0 fully saturated rings. The van der Waals surface area contributed by atoms with Crippen LogP contribution in [0.15, 0.2) is 88.7 Å². The summed E-state index contributed by atoms with van der Waals surface area (Å²) in [5, 5.41) is 0. The highest BCUT2D eigenvalue weighted by molar-refractivity contribution is 7.95. The van der Waals surface area contributed by atoms with Crippen LogP contribution in [0.3, 0.4) is 0 Å². The lowest BCUT2D eigenvalue weighted by molar-refractivity contribution is 0.107. The van der Waals surface area contributed by atoms with Gasteiger partial charge in [0, 0.05) is 11.9 Å². The van der Waals surface area contributed by atoms with Crippen molar-refractivity contribution in [1.82, 2.24) is 0 Å². The van der Waals surface area contributed by atoms with Crippen LogP contribution in [0, 0.1) is 0 Å². The van der Waals surface area contributed by atoms with Gasteiger partial charge in [0.2, 0.25) is 0 Å². The first kappa shape index (κ1) is 21.0. The molecule has 6 nitrogen and oxygen atoms in total. The van der Waals surface area contributed by atoms with Crippen LogP contribution in [0.1, 0.15) is 11.1 Å². The van der Waals surface area contributed by atoms with Crippen molar-refractivity contribution in [3.63, 3.8) is 0 Å². The minimum Gasteiger partial charge on any atom is -0.372 e. The van der Waals surface area contributed by atoms with Gasteiger partial charge in [-0.2, -0.15) is 0 Å². The van der Waals surface area contributed by atoms with Crippen LogP contribution in [-0.4, -0.2) is 23.1 Å². The Balaban J connectivity index is 1.75. The molecule has 0 aliphatic rings. The normalized spacial score (nSPS) is 11.9. The minimum atomic E-state index is -4.08. The molecule has 3 rings (SSSR count). The van der Waals surface area contributed by atoms with Crippen LogP contribution in [0.5, 0.6) is 0 Å². The molecule has 0 amide bonds. The van der Waals surface area contributed by atoms with E-state index >= 15 is 0 Å². The molecule has 0 atom stereocenters. The van der Waals surface area contributed by atoms with E-state index in [-0.39, 0.29) is 9.79 Å². The van der Waals surface area contributed by atoms with Crippen LogP contribution in [0.4, 0.5) is 5.69 Å². The predicted molar refractivity (Wildman–Crippen MR) is 112 cm³/mol. The second kappa shape index (κ2) is 8.77. The van der Waals surface area contributed by atoms with Gasteiger partial charge in [0.25, 0.3) is 10.0 Å². The predicted octanol–water partition coefficient (Wildman–Crippen LogP) is 3.61. The van der Waals surface area contributed by atoms with Crippen LogP contribution in [0.2, 0.25) is 0 Å². The van der Waals surface area contributed by atoms with E-state index in [1.807, 2.05) is 36.4 Å². The maximum atomic E-state index is 12.8. The van der Waals surface area contributed by atoms with E-state index in [1.54, 1.807) is 18.2 Å². The third-order valence-electron chi connectivity index (χ3n) is 4.10. The molecule has 0 aromatic heterocycles. The number of rotatable bonds is 8. The minimum absolute atomic E-state index is 0.241. The van der Waals surface area contributed by atoms with Gasteiger partial charge >= 0.3 is 0 Å². The van der Waals surface area contributed by atoms with Gasteiger partial charge < -0.3 is 4.74 Å². The fourth-order valence-electron chi connectivity index (χ4n) is 2.77. The third-order valence-corrected chi connectivity index (χ3v) is 6.82. The van der Waals surface area contributed by atoms with Crippen LogP contribution < -0.4 is 4.72 Å². The Morgan fingerprint density at radius 1 is 0.724 bits per heavy atom. The average molecular weight is 432 g/mol. The van der Waals surface area contributed by atoms with E-state index in [2.05, 4.69) is 4.72 Å². The number of ether oxygens (including phenoxy) is 1. The first-order valence-corrected chi connectivity index (χ1v) is 12.2. The zero-order valence-corrected chi connectivity index (χ0v) is 17.4. The summed E-state index contributed by atoms with van der Waals surface area (Å²) in [5.41, 5.74) is 2.16. The summed E-state index contributed by atoms with van der Waals surface area (Å²) in [6.07, 6.45) is 0.978. The summed E-state index contributed by atoms with van der Waals surface area (Å²) in [6, 6.07) is 22.0. The van der Waals surface area contributed by atoms with E-state index in [0.717, 1.165) is 17.4 Å². The lowest BCUT2D eigenvalue weighted by Gasteiger charge is -2.12. The van der Waals surface area contributed by atoms with E-state index in [4.69, 9.17) is 4.74 Å². The molecule has 0 heterocycles. The first-order valence-electron chi connectivity index (χ1n) is 8.78. The number of hydrogen-bond donors (Lipinski definition) is 1. The molecule has 0 radical (unpaired) electrons. The molecule has 0 saturated carbocycles. The smallest absolute Gasteiger partial charge is 0.263 e. The second-order valence-electron chi connectivity index (χ2n) is 6.50. The van der Waals surface area contributed by atoms with Gasteiger partial charge in [0.05, 0.1) is 18.1 Å². The fourth-order valence-corrected chi connectivity index (χ4v) is 5.45. The van der Waals surface area contributed by atoms with Crippen molar-refractivity contribution in [2.75, 3.05) is 11.0 Å². The monoisotopic (exact) mass is 431 g/mol. The molecule has 3 aromatic rings. The molecule has 0 unspecified atom stereocenters. The van der Waals surface area contributed by atoms with Gasteiger partial charge in [0.1, 0.15) is 4.90 Å². The van der Waals surface area contributed by atoms with E-state index in [0.29, 0.717) is 18.9 Å². The summed E-state index contributed by atoms with van der Waals surface area (Å²) in [5.74, 6) is 0. The molecular formula is C21H21NO5S2. The quantitative estimate of drug-likeness (QED) is 0.589. The van der Waals surface area contributed by atoms with E-state index in [1.165, 1.54) is 24.3 Å². The Morgan fingerprint density at radius 3 is 2.00 bits per heavy atom. The molecular weight excluding hydrogens is 410 g/mol. The van der Waals surface area contributed by atoms with Crippen molar-refractivity contribution < 1.29 is 21.6 Å². The van der Waals surface area contributed by atoms with Crippen LogP contribution in [-0.2, 0) is 37.8 Å².